The number of carbonyl (C=O) groups excluding carboxylic acids is 1. The predicted molar refractivity (Wildman–Crippen MR) is 77.0 cm³/mol. The molecular weight excluding hydrogens is 262 g/mol. The Morgan fingerprint density at radius 2 is 1.79 bits per heavy atom. The number of hydrogen-bond donors (Lipinski definition) is 2. The second-order valence-electron chi connectivity index (χ2n) is 4.39. The van der Waals surface area contributed by atoms with Gasteiger partial charge in [0, 0.05) is 11.3 Å². The fourth-order valence-corrected chi connectivity index (χ4v) is 2.13. The maximum absolute atomic E-state index is 12.2. The summed E-state index contributed by atoms with van der Waals surface area (Å²) in [7, 11) is 0. The molecule has 2 aromatic carbocycles. The van der Waals surface area contributed by atoms with Gasteiger partial charge in [0.05, 0.1) is 5.02 Å². The average Bonchev–Trinajstić information content (AvgIpc) is 2.33. The molecule has 0 saturated heterocycles. The zero-order valence-corrected chi connectivity index (χ0v) is 11.5. The van der Waals surface area contributed by atoms with Crippen molar-refractivity contribution in [1.29, 1.82) is 0 Å². The second kappa shape index (κ2) is 5.33. The summed E-state index contributed by atoms with van der Waals surface area (Å²) in [5.41, 5.74) is 3.05. The van der Waals surface area contributed by atoms with Crippen molar-refractivity contribution in [1.82, 2.24) is 0 Å². The van der Waals surface area contributed by atoms with E-state index in [2.05, 4.69) is 5.32 Å². The van der Waals surface area contributed by atoms with Gasteiger partial charge in [0.1, 0.15) is 5.75 Å². The van der Waals surface area contributed by atoms with Gasteiger partial charge >= 0.3 is 0 Å². The quantitative estimate of drug-likeness (QED) is 0.816. The van der Waals surface area contributed by atoms with E-state index in [1.165, 1.54) is 12.1 Å². The highest BCUT2D eigenvalue weighted by Crippen LogP contribution is 2.26. The van der Waals surface area contributed by atoms with Crippen molar-refractivity contribution in [3.05, 3.63) is 58.1 Å². The minimum Gasteiger partial charge on any atom is -0.506 e. The maximum atomic E-state index is 12.2. The van der Waals surface area contributed by atoms with Crippen LogP contribution in [0.1, 0.15) is 21.5 Å². The molecule has 0 radical (unpaired) electrons. The fraction of sp³-hybridized carbons (Fsp3) is 0.133. The van der Waals surface area contributed by atoms with Gasteiger partial charge in [0.2, 0.25) is 0 Å². The molecule has 98 valence electrons. The van der Waals surface area contributed by atoms with Crippen LogP contribution < -0.4 is 5.32 Å². The Hall–Kier alpha value is -2.00. The molecule has 0 aliphatic rings. The lowest BCUT2D eigenvalue weighted by atomic mass is 10.0. The summed E-state index contributed by atoms with van der Waals surface area (Å²) in [5, 5.41) is 12.3. The molecule has 0 fully saturated rings. The van der Waals surface area contributed by atoms with Crippen LogP contribution in [0.5, 0.6) is 5.75 Å². The molecule has 0 unspecified atom stereocenters. The summed E-state index contributed by atoms with van der Waals surface area (Å²) in [6.45, 7) is 3.79. The van der Waals surface area contributed by atoms with Crippen molar-refractivity contribution in [2.75, 3.05) is 5.32 Å². The Labute approximate surface area is 116 Å². The molecule has 0 bridgehead atoms. The molecule has 0 spiro atoms. The van der Waals surface area contributed by atoms with Crippen LogP contribution in [-0.2, 0) is 0 Å². The third kappa shape index (κ3) is 2.88. The van der Waals surface area contributed by atoms with Gasteiger partial charge in [-0.2, -0.15) is 0 Å². The van der Waals surface area contributed by atoms with Gasteiger partial charge in [-0.15, -0.1) is 0 Å². The lowest BCUT2D eigenvalue weighted by Gasteiger charge is -2.10. The van der Waals surface area contributed by atoms with Gasteiger partial charge < -0.3 is 10.4 Å². The topological polar surface area (TPSA) is 49.3 Å². The number of carbonyl (C=O) groups is 1. The van der Waals surface area contributed by atoms with Crippen LogP contribution in [0.4, 0.5) is 5.69 Å². The van der Waals surface area contributed by atoms with E-state index in [9.17, 15) is 9.90 Å². The van der Waals surface area contributed by atoms with E-state index in [4.69, 9.17) is 11.6 Å². The Morgan fingerprint density at radius 1 is 1.16 bits per heavy atom. The normalized spacial score (nSPS) is 10.3. The first-order chi connectivity index (χ1) is 8.99. The van der Waals surface area contributed by atoms with Crippen LogP contribution in [0.3, 0.4) is 0 Å². The summed E-state index contributed by atoms with van der Waals surface area (Å²) in [5.74, 6) is -0.191. The summed E-state index contributed by atoms with van der Waals surface area (Å²) in [6, 6.07) is 10.3. The molecule has 2 N–H and O–H groups in total. The van der Waals surface area contributed by atoms with Crippen LogP contribution >= 0.6 is 11.6 Å². The third-order valence-corrected chi connectivity index (χ3v) is 3.22. The Kier molecular flexibility index (Phi) is 3.76. The van der Waals surface area contributed by atoms with Crippen molar-refractivity contribution in [2.45, 2.75) is 13.8 Å². The fourth-order valence-electron chi connectivity index (χ4n) is 1.95. The molecular formula is C15H14ClNO2. The number of nitrogens with one attached hydrogen (secondary N) is 1. The van der Waals surface area contributed by atoms with E-state index in [1.807, 2.05) is 32.0 Å². The largest absolute Gasteiger partial charge is 0.506 e. The van der Waals surface area contributed by atoms with E-state index in [1.54, 1.807) is 6.07 Å². The van der Waals surface area contributed by atoms with Crippen LogP contribution in [0, 0.1) is 13.8 Å². The van der Waals surface area contributed by atoms with Crippen molar-refractivity contribution < 1.29 is 9.90 Å². The van der Waals surface area contributed by atoms with Gasteiger partial charge in [0.25, 0.3) is 5.91 Å². The van der Waals surface area contributed by atoms with Crippen LogP contribution in [0.25, 0.3) is 0 Å². The zero-order chi connectivity index (χ0) is 14.0. The highest BCUT2D eigenvalue weighted by molar-refractivity contribution is 6.32. The molecule has 3 nitrogen and oxygen atoms in total. The molecule has 0 aliphatic carbocycles. The summed E-state index contributed by atoms with van der Waals surface area (Å²) >= 11 is 5.80. The standard InChI is InChI=1S/C15H14ClNO2/c1-9-4-3-5-10(2)14(9)15(19)17-11-6-7-13(18)12(16)8-11/h3-8,18H,1-2H3,(H,17,19). The number of amides is 1. The van der Waals surface area contributed by atoms with Crippen molar-refractivity contribution in [2.24, 2.45) is 0 Å². The lowest BCUT2D eigenvalue weighted by molar-refractivity contribution is 0.102. The Bertz CT molecular complexity index is 618. The number of anilines is 1. The monoisotopic (exact) mass is 275 g/mol. The molecule has 0 aromatic heterocycles. The van der Waals surface area contributed by atoms with E-state index in [0.29, 0.717) is 11.3 Å². The highest BCUT2D eigenvalue weighted by atomic mass is 35.5. The van der Waals surface area contributed by atoms with E-state index in [0.717, 1.165) is 11.1 Å². The number of aromatic hydroxyl groups is 1. The van der Waals surface area contributed by atoms with E-state index < -0.39 is 0 Å². The van der Waals surface area contributed by atoms with Crippen LogP contribution in [0.2, 0.25) is 5.02 Å². The Morgan fingerprint density at radius 3 is 2.37 bits per heavy atom. The first kappa shape index (κ1) is 13.4. The first-order valence-electron chi connectivity index (χ1n) is 5.85. The molecule has 0 heterocycles. The molecule has 0 atom stereocenters. The SMILES string of the molecule is Cc1cccc(C)c1C(=O)Nc1ccc(O)c(Cl)c1. The smallest absolute Gasteiger partial charge is 0.256 e. The van der Waals surface area contributed by atoms with Gasteiger partial charge in [-0.1, -0.05) is 29.8 Å². The van der Waals surface area contributed by atoms with Gasteiger partial charge in [-0.25, -0.2) is 0 Å². The molecule has 2 aromatic rings. The molecule has 2 rings (SSSR count). The summed E-state index contributed by atoms with van der Waals surface area (Å²) in [6.07, 6.45) is 0. The van der Waals surface area contributed by atoms with Gasteiger partial charge in [-0.05, 0) is 43.2 Å². The molecule has 4 heteroatoms. The average molecular weight is 276 g/mol. The minimum atomic E-state index is -0.183. The Balaban J connectivity index is 2.28. The number of halogens is 1. The summed E-state index contributed by atoms with van der Waals surface area (Å²) in [4.78, 5) is 12.2. The zero-order valence-electron chi connectivity index (χ0n) is 10.7. The molecule has 0 saturated carbocycles. The maximum Gasteiger partial charge on any atom is 0.256 e. The molecule has 19 heavy (non-hydrogen) atoms. The third-order valence-electron chi connectivity index (χ3n) is 2.91. The number of phenolic OH excluding ortho intramolecular Hbond substituents is 1. The molecule has 0 aliphatic heterocycles. The number of hydrogen-bond acceptors (Lipinski definition) is 2. The van der Waals surface area contributed by atoms with E-state index >= 15 is 0 Å². The molecule has 1 amide bonds. The second-order valence-corrected chi connectivity index (χ2v) is 4.79. The van der Waals surface area contributed by atoms with Gasteiger partial charge in [0.15, 0.2) is 0 Å². The lowest BCUT2D eigenvalue weighted by Crippen LogP contribution is -2.14. The number of benzene rings is 2. The van der Waals surface area contributed by atoms with Crippen LogP contribution in [-0.4, -0.2) is 11.0 Å². The predicted octanol–water partition coefficient (Wildman–Crippen LogP) is 3.91. The number of aryl methyl sites for hydroxylation is 2. The van der Waals surface area contributed by atoms with Crippen LogP contribution in [0.15, 0.2) is 36.4 Å². The van der Waals surface area contributed by atoms with Crippen molar-refractivity contribution in [3.8, 4) is 5.75 Å². The van der Waals surface area contributed by atoms with Crippen molar-refractivity contribution in [3.63, 3.8) is 0 Å². The minimum absolute atomic E-state index is 0.00765. The summed E-state index contributed by atoms with van der Waals surface area (Å²) < 4.78 is 0. The number of rotatable bonds is 2. The first-order valence-corrected chi connectivity index (χ1v) is 6.23. The van der Waals surface area contributed by atoms with Crippen molar-refractivity contribution >= 4 is 23.2 Å². The van der Waals surface area contributed by atoms with E-state index in [-0.39, 0.29) is 16.7 Å². The number of phenols is 1. The van der Waals surface area contributed by atoms with Gasteiger partial charge in [-0.3, -0.25) is 4.79 Å². The highest BCUT2D eigenvalue weighted by Gasteiger charge is 2.12.